The molecule has 1 aromatic carbocycles. The molecule has 1 N–H and O–H groups in total. The van der Waals surface area contributed by atoms with Crippen molar-refractivity contribution in [1.29, 1.82) is 0 Å². The predicted molar refractivity (Wildman–Crippen MR) is 132 cm³/mol. The highest BCUT2D eigenvalue weighted by Crippen LogP contribution is 2.47. The summed E-state index contributed by atoms with van der Waals surface area (Å²) in [7, 11) is 4.50. The van der Waals surface area contributed by atoms with Crippen molar-refractivity contribution in [1.82, 2.24) is 15.1 Å². The van der Waals surface area contributed by atoms with Crippen LogP contribution in [0.4, 0.5) is 0 Å². The molecule has 1 fully saturated rings. The highest BCUT2D eigenvalue weighted by atomic mass is 16.5. The van der Waals surface area contributed by atoms with Crippen LogP contribution < -0.4 is 10.1 Å². The van der Waals surface area contributed by atoms with Crippen LogP contribution in [0.3, 0.4) is 0 Å². The van der Waals surface area contributed by atoms with Gasteiger partial charge in [0.05, 0.1) is 0 Å². The van der Waals surface area contributed by atoms with Crippen LogP contribution in [0.1, 0.15) is 64.0 Å². The van der Waals surface area contributed by atoms with Crippen molar-refractivity contribution in [3.63, 3.8) is 0 Å². The van der Waals surface area contributed by atoms with Gasteiger partial charge in [-0.3, -0.25) is 4.90 Å². The Morgan fingerprint density at radius 3 is 2.19 bits per heavy atom. The van der Waals surface area contributed by atoms with Gasteiger partial charge in [-0.2, -0.15) is 0 Å². The zero-order chi connectivity index (χ0) is 22.3. The highest BCUT2D eigenvalue weighted by Gasteiger charge is 2.50. The Bertz CT molecular complexity index is 672. The molecule has 0 saturated heterocycles. The van der Waals surface area contributed by atoms with Crippen molar-refractivity contribution in [2.75, 3.05) is 53.4 Å². The fraction of sp³-hybridized carbons (Fsp3) is 0.778. The first kappa shape index (κ1) is 24.5. The Hall–Kier alpha value is -1.10. The van der Waals surface area contributed by atoms with Gasteiger partial charge in [-0.05, 0) is 114 Å². The molecule has 0 aliphatic heterocycles. The SMILES string of the molecule is CCCN(C)C[C@]1(NC)[C@@H]2CC[C@H]1Cc1ccc(OCCN(CCC)CCC)cc1C2. The van der Waals surface area contributed by atoms with Crippen molar-refractivity contribution in [2.45, 2.75) is 71.3 Å². The highest BCUT2D eigenvalue weighted by molar-refractivity contribution is 5.39. The minimum absolute atomic E-state index is 0.241. The van der Waals surface area contributed by atoms with Gasteiger partial charge in [0, 0.05) is 18.6 Å². The first-order valence-corrected chi connectivity index (χ1v) is 12.9. The van der Waals surface area contributed by atoms with Crippen LogP contribution in [0.2, 0.25) is 0 Å². The topological polar surface area (TPSA) is 27.7 Å². The minimum Gasteiger partial charge on any atom is -0.492 e. The largest absolute Gasteiger partial charge is 0.492 e. The molecule has 1 saturated carbocycles. The Morgan fingerprint density at radius 1 is 0.935 bits per heavy atom. The Morgan fingerprint density at radius 2 is 1.58 bits per heavy atom. The first-order valence-electron chi connectivity index (χ1n) is 12.9. The molecule has 4 heteroatoms. The van der Waals surface area contributed by atoms with E-state index < -0.39 is 0 Å². The van der Waals surface area contributed by atoms with Gasteiger partial charge < -0.3 is 15.0 Å². The number of nitrogens with one attached hydrogen (secondary N) is 1. The molecule has 31 heavy (non-hydrogen) atoms. The summed E-state index contributed by atoms with van der Waals surface area (Å²) in [5, 5.41) is 3.85. The number of nitrogens with zero attached hydrogens (tertiary/aromatic N) is 2. The molecule has 1 aromatic rings. The Balaban J connectivity index is 1.67. The van der Waals surface area contributed by atoms with E-state index in [1.807, 2.05) is 0 Å². The maximum Gasteiger partial charge on any atom is 0.119 e. The average molecular weight is 430 g/mol. The molecule has 0 amide bonds. The van der Waals surface area contributed by atoms with Gasteiger partial charge in [-0.15, -0.1) is 0 Å². The van der Waals surface area contributed by atoms with Crippen LogP contribution in [-0.4, -0.2) is 68.8 Å². The van der Waals surface area contributed by atoms with Crippen molar-refractivity contribution in [3.05, 3.63) is 29.3 Å². The van der Waals surface area contributed by atoms with Gasteiger partial charge in [0.2, 0.25) is 0 Å². The van der Waals surface area contributed by atoms with E-state index in [1.165, 1.54) is 70.1 Å². The zero-order valence-corrected chi connectivity index (χ0v) is 20.9. The molecule has 0 aromatic heterocycles. The molecule has 2 aliphatic carbocycles. The molecule has 176 valence electrons. The number of benzene rings is 1. The van der Waals surface area contributed by atoms with Gasteiger partial charge >= 0.3 is 0 Å². The quantitative estimate of drug-likeness (QED) is 0.495. The summed E-state index contributed by atoms with van der Waals surface area (Å²) >= 11 is 0. The van der Waals surface area contributed by atoms with Crippen molar-refractivity contribution < 1.29 is 4.74 Å². The average Bonchev–Trinajstić information content (AvgIpc) is 2.99. The second-order valence-corrected chi connectivity index (χ2v) is 10.0. The van der Waals surface area contributed by atoms with Crippen LogP contribution in [-0.2, 0) is 12.8 Å². The van der Waals surface area contributed by atoms with Crippen LogP contribution in [0.25, 0.3) is 0 Å². The lowest BCUT2D eigenvalue weighted by Crippen LogP contribution is -2.58. The molecule has 2 bridgehead atoms. The van der Waals surface area contributed by atoms with Gasteiger partial charge in [-0.1, -0.05) is 26.8 Å². The lowest BCUT2D eigenvalue weighted by atomic mass is 9.78. The summed E-state index contributed by atoms with van der Waals surface area (Å²) in [6.45, 7) is 13.3. The predicted octanol–water partition coefficient (Wildman–Crippen LogP) is 4.61. The molecular weight excluding hydrogens is 382 g/mol. The Labute approximate surface area is 191 Å². The first-order chi connectivity index (χ1) is 15.1. The lowest BCUT2D eigenvalue weighted by Gasteiger charge is -2.42. The van der Waals surface area contributed by atoms with E-state index in [9.17, 15) is 0 Å². The fourth-order valence-electron chi connectivity index (χ4n) is 6.34. The summed E-state index contributed by atoms with van der Waals surface area (Å²) in [6, 6.07) is 6.93. The van der Waals surface area contributed by atoms with Gasteiger partial charge in [-0.25, -0.2) is 0 Å². The maximum absolute atomic E-state index is 6.23. The molecule has 4 nitrogen and oxygen atoms in total. The lowest BCUT2D eigenvalue weighted by molar-refractivity contribution is 0.133. The smallest absolute Gasteiger partial charge is 0.119 e. The van der Waals surface area contributed by atoms with E-state index in [1.54, 1.807) is 5.56 Å². The summed E-state index contributed by atoms with van der Waals surface area (Å²) in [5.41, 5.74) is 3.32. The second-order valence-electron chi connectivity index (χ2n) is 10.0. The van der Waals surface area contributed by atoms with E-state index in [2.05, 4.69) is 68.2 Å². The number of hydrogen-bond acceptors (Lipinski definition) is 4. The molecule has 0 unspecified atom stereocenters. The van der Waals surface area contributed by atoms with Crippen LogP contribution in [0, 0.1) is 11.8 Å². The minimum atomic E-state index is 0.241. The normalized spacial score (nSPS) is 25.1. The number of ether oxygens (including phenoxy) is 1. The molecule has 0 radical (unpaired) electrons. The molecule has 0 heterocycles. The summed E-state index contributed by atoms with van der Waals surface area (Å²) in [6.07, 6.45) is 8.73. The van der Waals surface area contributed by atoms with Crippen LogP contribution in [0.15, 0.2) is 18.2 Å². The number of hydrogen-bond donors (Lipinski definition) is 1. The molecule has 3 atom stereocenters. The third-order valence-electron chi connectivity index (χ3n) is 7.79. The van der Waals surface area contributed by atoms with E-state index in [-0.39, 0.29) is 5.54 Å². The van der Waals surface area contributed by atoms with E-state index >= 15 is 0 Å². The van der Waals surface area contributed by atoms with E-state index in [0.717, 1.165) is 31.4 Å². The van der Waals surface area contributed by atoms with Crippen molar-refractivity contribution >= 4 is 0 Å². The third-order valence-corrected chi connectivity index (χ3v) is 7.79. The molecule has 2 aliphatic rings. The number of fused-ring (bicyclic) bond motifs is 3. The van der Waals surface area contributed by atoms with Crippen LogP contribution in [0.5, 0.6) is 5.75 Å². The molecular formula is C27H47N3O. The zero-order valence-electron chi connectivity index (χ0n) is 20.9. The van der Waals surface area contributed by atoms with E-state index in [0.29, 0.717) is 5.92 Å². The monoisotopic (exact) mass is 429 g/mol. The molecule has 0 spiro atoms. The standard InChI is InChI=1S/C27H47N3O/c1-6-13-29(5)21-27(28-4)24-10-11-25(27)19-23-20-26(12-9-22(23)18-24)31-17-16-30(14-7-2)15-8-3/h9,12,20,24-25,28H,6-8,10-11,13-19,21H2,1-5H3/t24-,25+,27+/m0/s1. The Kier molecular flexibility index (Phi) is 9.24. The van der Waals surface area contributed by atoms with Gasteiger partial charge in [0.25, 0.3) is 0 Å². The van der Waals surface area contributed by atoms with E-state index in [4.69, 9.17) is 4.74 Å². The van der Waals surface area contributed by atoms with Crippen molar-refractivity contribution in [3.8, 4) is 5.75 Å². The fourth-order valence-corrected chi connectivity index (χ4v) is 6.34. The maximum atomic E-state index is 6.23. The summed E-state index contributed by atoms with van der Waals surface area (Å²) in [5.74, 6) is 2.50. The number of likely N-dealkylation sites (N-methyl/N-ethyl adjacent to an activating group) is 2. The van der Waals surface area contributed by atoms with Gasteiger partial charge in [0.1, 0.15) is 12.4 Å². The summed E-state index contributed by atoms with van der Waals surface area (Å²) < 4.78 is 6.23. The third kappa shape index (κ3) is 5.83. The van der Waals surface area contributed by atoms with Crippen molar-refractivity contribution in [2.24, 2.45) is 11.8 Å². The molecule has 3 rings (SSSR count). The van der Waals surface area contributed by atoms with Gasteiger partial charge in [0.15, 0.2) is 0 Å². The summed E-state index contributed by atoms with van der Waals surface area (Å²) in [4.78, 5) is 5.07. The van der Waals surface area contributed by atoms with Crippen LogP contribution >= 0.6 is 0 Å². The second kappa shape index (κ2) is 11.7. The number of rotatable bonds is 13.